The standard InChI is InChI=1S/C16H22N2O7/c1-6-17-16(21)18-14(19)9(2)25-15(20)10-7-11(22-3)13(24-5)12(8-10)23-4/h7-9H,6H2,1-5H3,(H2,17,18,19,21)/t9-/m0/s1. The zero-order valence-electron chi connectivity index (χ0n) is 14.8. The summed E-state index contributed by atoms with van der Waals surface area (Å²) in [5.74, 6) is -0.658. The van der Waals surface area contributed by atoms with E-state index in [1.165, 1.54) is 40.4 Å². The van der Waals surface area contributed by atoms with Gasteiger partial charge in [0.1, 0.15) is 0 Å². The Hall–Kier alpha value is -2.97. The lowest BCUT2D eigenvalue weighted by Gasteiger charge is -2.16. The lowest BCUT2D eigenvalue weighted by Crippen LogP contribution is -2.44. The van der Waals surface area contributed by atoms with Crippen LogP contribution < -0.4 is 24.8 Å². The molecule has 1 aromatic rings. The number of hydrogen-bond acceptors (Lipinski definition) is 7. The molecule has 0 radical (unpaired) electrons. The summed E-state index contributed by atoms with van der Waals surface area (Å²) in [5, 5.41) is 4.47. The topological polar surface area (TPSA) is 112 Å². The highest BCUT2D eigenvalue weighted by Crippen LogP contribution is 2.38. The number of carbonyl (C=O) groups is 3. The van der Waals surface area contributed by atoms with E-state index < -0.39 is 24.0 Å². The molecule has 1 aromatic carbocycles. The molecule has 138 valence electrons. The Bertz CT molecular complexity index is 620. The highest BCUT2D eigenvalue weighted by Gasteiger charge is 2.23. The van der Waals surface area contributed by atoms with Gasteiger partial charge in [-0.3, -0.25) is 10.1 Å². The fourth-order valence-corrected chi connectivity index (χ4v) is 1.90. The van der Waals surface area contributed by atoms with Crippen LogP contribution in [0.2, 0.25) is 0 Å². The SMILES string of the molecule is CCNC(=O)NC(=O)[C@H](C)OC(=O)c1cc(OC)c(OC)c(OC)c1. The maximum atomic E-state index is 12.3. The van der Waals surface area contributed by atoms with Crippen molar-refractivity contribution in [3.63, 3.8) is 0 Å². The second kappa shape index (κ2) is 9.36. The van der Waals surface area contributed by atoms with Crippen molar-refractivity contribution in [2.75, 3.05) is 27.9 Å². The van der Waals surface area contributed by atoms with Gasteiger partial charge in [-0.15, -0.1) is 0 Å². The highest BCUT2D eigenvalue weighted by atomic mass is 16.5. The first-order chi connectivity index (χ1) is 11.9. The second-order valence-corrected chi connectivity index (χ2v) is 4.81. The van der Waals surface area contributed by atoms with Gasteiger partial charge in [0.15, 0.2) is 17.6 Å². The molecule has 1 rings (SSSR count). The molecule has 0 aliphatic carbocycles. The first-order valence-corrected chi connectivity index (χ1v) is 7.47. The smallest absolute Gasteiger partial charge is 0.339 e. The number of ether oxygens (including phenoxy) is 4. The summed E-state index contributed by atoms with van der Waals surface area (Å²) in [6, 6.07) is 2.14. The molecule has 9 heteroatoms. The number of rotatable bonds is 7. The van der Waals surface area contributed by atoms with Crippen LogP contribution in [-0.2, 0) is 9.53 Å². The third kappa shape index (κ3) is 5.27. The number of hydrogen-bond donors (Lipinski definition) is 2. The molecule has 2 N–H and O–H groups in total. The molecular formula is C16H22N2O7. The summed E-state index contributed by atoms with van der Waals surface area (Å²) >= 11 is 0. The monoisotopic (exact) mass is 354 g/mol. The lowest BCUT2D eigenvalue weighted by molar-refractivity contribution is -0.127. The summed E-state index contributed by atoms with van der Waals surface area (Å²) in [6.45, 7) is 3.42. The van der Waals surface area contributed by atoms with Crippen molar-refractivity contribution >= 4 is 17.9 Å². The minimum absolute atomic E-state index is 0.104. The molecule has 0 aliphatic heterocycles. The Labute approximate surface area is 145 Å². The van der Waals surface area contributed by atoms with Crippen molar-refractivity contribution in [1.29, 1.82) is 0 Å². The van der Waals surface area contributed by atoms with Crippen molar-refractivity contribution in [3.8, 4) is 17.2 Å². The summed E-state index contributed by atoms with van der Waals surface area (Å²) < 4.78 is 20.5. The number of amides is 3. The highest BCUT2D eigenvalue weighted by molar-refractivity contribution is 5.98. The van der Waals surface area contributed by atoms with Crippen LogP contribution in [0.25, 0.3) is 0 Å². The van der Waals surface area contributed by atoms with E-state index in [1.54, 1.807) is 6.92 Å². The van der Waals surface area contributed by atoms with Crippen molar-refractivity contribution in [2.24, 2.45) is 0 Å². The van der Waals surface area contributed by atoms with E-state index in [2.05, 4.69) is 10.6 Å². The van der Waals surface area contributed by atoms with Crippen molar-refractivity contribution in [3.05, 3.63) is 17.7 Å². The maximum absolute atomic E-state index is 12.3. The predicted octanol–water partition coefficient (Wildman–Crippen LogP) is 1.10. The van der Waals surface area contributed by atoms with Crippen molar-refractivity contribution < 1.29 is 33.3 Å². The molecule has 0 saturated carbocycles. The largest absolute Gasteiger partial charge is 0.493 e. The van der Waals surface area contributed by atoms with E-state index in [1.807, 2.05) is 0 Å². The minimum Gasteiger partial charge on any atom is -0.493 e. The molecule has 0 aromatic heterocycles. The zero-order valence-corrected chi connectivity index (χ0v) is 14.8. The second-order valence-electron chi connectivity index (χ2n) is 4.81. The van der Waals surface area contributed by atoms with Gasteiger partial charge >= 0.3 is 12.0 Å². The Morgan fingerprint density at radius 1 is 1.04 bits per heavy atom. The van der Waals surface area contributed by atoms with Crippen LogP contribution in [0.4, 0.5) is 4.79 Å². The number of urea groups is 1. The van der Waals surface area contributed by atoms with Gasteiger partial charge < -0.3 is 24.3 Å². The van der Waals surface area contributed by atoms with E-state index in [4.69, 9.17) is 18.9 Å². The molecule has 25 heavy (non-hydrogen) atoms. The molecule has 0 unspecified atom stereocenters. The molecule has 0 fully saturated rings. The van der Waals surface area contributed by atoms with E-state index in [-0.39, 0.29) is 17.1 Å². The molecule has 0 aliphatic rings. The average Bonchev–Trinajstić information content (AvgIpc) is 2.60. The van der Waals surface area contributed by atoms with Gasteiger partial charge in [0.25, 0.3) is 5.91 Å². The summed E-state index contributed by atoms with van der Waals surface area (Å²) in [5.41, 5.74) is 0.104. The molecule has 0 bridgehead atoms. The van der Waals surface area contributed by atoms with E-state index >= 15 is 0 Å². The van der Waals surface area contributed by atoms with E-state index in [0.29, 0.717) is 12.3 Å². The van der Waals surface area contributed by atoms with Crippen LogP contribution in [0.15, 0.2) is 12.1 Å². The van der Waals surface area contributed by atoms with Gasteiger partial charge in [0, 0.05) is 6.54 Å². The summed E-state index contributed by atoms with van der Waals surface area (Å²) in [7, 11) is 4.26. The third-order valence-electron chi connectivity index (χ3n) is 3.13. The number of carbonyl (C=O) groups excluding carboxylic acids is 3. The van der Waals surface area contributed by atoms with Crippen LogP contribution in [0.1, 0.15) is 24.2 Å². The van der Waals surface area contributed by atoms with Crippen LogP contribution in [-0.4, -0.2) is 51.9 Å². The van der Waals surface area contributed by atoms with Crippen LogP contribution in [0.3, 0.4) is 0 Å². The first-order valence-electron chi connectivity index (χ1n) is 7.47. The van der Waals surface area contributed by atoms with Crippen LogP contribution >= 0.6 is 0 Å². The summed E-state index contributed by atoms with van der Waals surface area (Å²) in [4.78, 5) is 35.4. The molecule has 1 atom stereocenters. The number of nitrogens with one attached hydrogen (secondary N) is 2. The van der Waals surface area contributed by atoms with Gasteiger partial charge in [-0.1, -0.05) is 0 Å². The fraction of sp³-hybridized carbons (Fsp3) is 0.438. The van der Waals surface area contributed by atoms with E-state index in [0.717, 1.165) is 0 Å². The Kier molecular flexibility index (Phi) is 7.51. The Balaban J connectivity index is 2.89. The molecule has 9 nitrogen and oxygen atoms in total. The number of esters is 1. The summed E-state index contributed by atoms with van der Waals surface area (Å²) in [6.07, 6.45) is -1.17. The minimum atomic E-state index is -1.17. The molecule has 0 spiro atoms. The van der Waals surface area contributed by atoms with Crippen molar-refractivity contribution in [2.45, 2.75) is 20.0 Å². The van der Waals surface area contributed by atoms with E-state index in [9.17, 15) is 14.4 Å². The lowest BCUT2D eigenvalue weighted by atomic mass is 10.2. The number of methoxy groups -OCH3 is 3. The van der Waals surface area contributed by atoms with Gasteiger partial charge in [-0.2, -0.15) is 0 Å². The van der Waals surface area contributed by atoms with Crippen LogP contribution in [0.5, 0.6) is 17.2 Å². The quantitative estimate of drug-likeness (QED) is 0.705. The Morgan fingerprint density at radius 2 is 1.60 bits per heavy atom. The van der Waals surface area contributed by atoms with Gasteiger partial charge in [0.2, 0.25) is 5.75 Å². The first kappa shape index (κ1) is 20.1. The maximum Gasteiger partial charge on any atom is 0.339 e. The van der Waals surface area contributed by atoms with Gasteiger partial charge in [0.05, 0.1) is 26.9 Å². The van der Waals surface area contributed by atoms with Gasteiger partial charge in [-0.05, 0) is 26.0 Å². The Morgan fingerprint density at radius 3 is 2.04 bits per heavy atom. The van der Waals surface area contributed by atoms with Gasteiger partial charge in [-0.25, -0.2) is 9.59 Å². The third-order valence-corrected chi connectivity index (χ3v) is 3.13. The average molecular weight is 354 g/mol. The molecule has 0 saturated heterocycles. The van der Waals surface area contributed by atoms with Crippen LogP contribution in [0, 0.1) is 0 Å². The molecule has 3 amide bonds. The molecule has 0 heterocycles. The number of benzene rings is 1. The normalized spacial score (nSPS) is 11.1. The fourth-order valence-electron chi connectivity index (χ4n) is 1.90. The zero-order chi connectivity index (χ0) is 19.0. The number of imide groups is 1. The molecular weight excluding hydrogens is 332 g/mol. The van der Waals surface area contributed by atoms with Crippen molar-refractivity contribution in [1.82, 2.24) is 10.6 Å². The predicted molar refractivity (Wildman–Crippen MR) is 88.2 cm³/mol.